The maximum atomic E-state index is 4.65. The number of aromatic amines is 1. The van der Waals surface area contributed by atoms with Gasteiger partial charge in [0.25, 0.3) is 0 Å². The Hall–Kier alpha value is -3.78. The van der Waals surface area contributed by atoms with Crippen molar-refractivity contribution in [2.75, 3.05) is 6.54 Å². The Kier molecular flexibility index (Phi) is 5.20. The highest BCUT2D eigenvalue weighted by molar-refractivity contribution is 5.79. The van der Waals surface area contributed by atoms with Gasteiger partial charge in [-0.3, -0.25) is 9.97 Å². The highest BCUT2D eigenvalue weighted by Crippen LogP contribution is 2.25. The number of nitrogens with zero attached hydrogens (tertiary/aromatic N) is 6. The summed E-state index contributed by atoms with van der Waals surface area (Å²) in [6.45, 7) is 2.53. The summed E-state index contributed by atoms with van der Waals surface area (Å²) in [5, 5.41) is 9.35. The van der Waals surface area contributed by atoms with Gasteiger partial charge in [0.2, 0.25) is 0 Å². The van der Waals surface area contributed by atoms with Crippen LogP contribution in [0.25, 0.3) is 28.0 Å². The number of hydrogen-bond donors (Lipinski definition) is 2. The van der Waals surface area contributed by atoms with Crippen molar-refractivity contribution in [3.63, 3.8) is 0 Å². The molecule has 8 nitrogen and oxygen atoms in total. The van der Waals surface area contributed by atoms with Crippen LogP contribution < -0.4 is 5.32 Å². The van der Waals surface area contributed by atoms with Crippen LogP contribution in [0.3, 0.4) is 0 Å². The predicted molar refractivity (Wildman–Crippen MR) is 127 cm³/mol. The van der Waals surface area contributed by atoms with E-state index in [2.05, 4.69) is 42.5 Å². The number of hydrogen-bond acceptors (Lipinski definition) is 5. The zero-order chi connectivity index (χ0) is 22.0. The number of rotatable bonds is 8. The highest BCUT2D eigenvalue weighted by Gasteiger charge is 2.16. The van der Waals surface area contributed by atoms with E-state index in [0.717, 1.165) is 46.9 Å². The molecule has 0 aliphatic heterocycles. The molecule has 0 amide bonds. The molecule has 0 aromatic carbocycles. The van der Waals surface area contributed by atoms with Crippen LogP contribution in [0.2, 0.25) is 0 Å². The van der Waals surface area contributed by atoms with Crippen LogP contribution in [0.1, 0.15) is 30.7 Å². The summed E-state index contributed by atoms with van der Waals surface area (Å²) < 4.78 is 3.83. The molecule has 5 heterocycles. The van der Waals surface area contributed by atoms with Crippen molar-refractivity contribution in [1.82, 2.24) is 39.6 Å². The van der Waals surface area contributed by atoms with Gasteiger partial charge in [0.15, 0.2) is 5.82 Å². The van der Waals surface area contributed by atoms with E-state index in [9.17, 15) is 0 Å². The minimum atomic E-state index is 0.557. The topological polar surface area (TPSA) is 89.2 Å². The summed E-state index contributed by atoms with van der Waals surface area (Å²) in [5.74, 6) is 1.51. The molecule has 5 aromatic heterocycles. The third-order valence-corrected chi connectivity index (χ3v) is 6.33. The summed E-state index contributed by atoms with van der Waals surface area (Å²) in [7, 11) is 0. The van der Waals surface area contributed by atoms with Crippen molar-refractivity contribution in [1.29, 1.82) is 0 Å². The fourth-order valence-electron chi connectivity index (χ4n) is 4.29. The molecule has 2 N–H and O–H groups in total. The van der Waals surface area contributed by atoms with Crippen LogP contribution >= 0.6 is 0 Å². The molecule has 1 saturated carbocycles. The monoisotopic (exact) mass is 438 g/mol. The summed E-state index contributed by atoms with van der Waals surface area (Å²) in [6, 6.07) is 10.3. The Morgan fingerprint density at radius 3 is 2.79 bits per heavy atom. The Morgan fingerprint density at radius 1 is 1.03 bits per heavy atom. The normalized spacial score (nSPS) is 14.1. The summed E-state index contributed by atoms with van der Waals surface area (Å²) >= 11 is 0. The number of aromatic nitrogens is 7. The van der Waals surface area contributed by atoms with Gasteiger partial charge in [-0.1, -0.05) is 6.42 Å². The number of pyridine rings is 2. The first-order chi connectivity index (χ1) is 16.3. The first kappa shape index (κ1) is 19.9. The lowest BCUT2D eigenvalue weighted by atomic mass is 9.85. The maximum absolute atomic E-state index is 4.65. The van der Waals surface area contributed by atoms with E-state index < -0.39 is 0 Å². The van der Waals surface area contributed by atoms with Gasteiger partial charge in [-0.15, -0.1) is 0 Å². The predicted octanol–water partition coefficient (Wildman–Crippen LogP) is 3.95. The van der Waals surface area contributed by atoms with Crippen molar-refractivity contribution >= 4 is 10.9 Å². The molecule has 1 aliphatic rings. The maximum Gasteiger partial charge on any atom is 0.182 e. The van der Waals surface area contributed by atoms with E-state index in [1.807, 2.05) is 52.2 Å². The van der Waals surface area contributed by atoms with Gasteiger partial charge < -0.3 is 14.9 Å². The average molecular weight is 439 g/mol. The first-order valence-electron chi connectivity index (χ1n) is 11.5. The van der Waals surface area contributed by atoms with Gasteiger partial charge in [-0.25, -0.2) is 9.67 Å². The minimum Gasteiger partial charge on any atom is -0.357 e. The van der Waals surface area contributed by atoms with Crippen molar-refractivity contribution in [3.05, 3.63) is 79.0 Å². The molecule has 1 fully saturated rings. The Balaban J connectivity index is 1.15. The van der Waals surface area contributed by atoms with Gasteiger partial charge in [-0.2, -0.15) is 5.10 Å². The third-order valence-electron chi connectivity index (χ3n) is 6.33. The van der Waals surface area contributed by atoms with Gasteiger partial charge >= 0.3 is 0 Å². The first-order valence-corrected chi connectivity index (χ1v) is 11.5. The average Bonchev–Trinajstić information content (AvgIpc) is 3.56. The molecule has 8 heteroatoms. The largest absolute Gasteiger partial charge is 0.357 e. The lowest BCUT2D eigenvalue weighted by Gasteiger charge is -2.25. The second-order valence-corrected chi connectivity index (χ2v) is 8.77. The molecule has 0 spiro atoms. The molecule has 6 rings (SSSR count). The third kappa shape index (κ3) is 4.29. The van der Waals surface area contributed by atoms with Crippen LogP contribution in [0.5, 0.6) is 0 Å². The van der Waals surface area contributed by atoms with Crippen LogP contribution in [0.4, 0.5) is 0 Å². The second kappa shape index (κ2) is 8.63. The SMILES string of the molecule is c1ccn(-c2cncc(-c3ncn(Cc4cc5[nH]c(CNCC6CCC6)cc5cn4)n3)c2)c1. The van der Waals surface area contributed by atoms with E-state index in [1.54, 1.807) is 12.5 Å². The van der Waals surface area contributed by atoms with Crippen LogP contribution in [0, 0.1) is 5.92 Å². The number of H-pyrrole nitrogens is 1. The van der Waals surface area contributed by atoms with E-state index in [-0.39, 0.29) is 0 Å². The van der Waals surface area contributed by atoms with Crippen molar-refractivity contribution in [3.8, 4) is 17.1 Å². The summed E-state index contributed by atoms with van der Waals surface area (Å²) in [4.78, 5) is 17.0. The molecule has 0 radical (unpaired) electrons. The van der Waals surface area contributed by atoms with E-state index in [1.165, 1.54) is 25.0 Å². The zero-order valence-corrected chi connectivity index (χ0v) is 18.4. The van der Waals surface area contributed by atoms with Crippen LogP contribution in [-0.2, 0) is 13.1 Å². The van der Waals surface area contributed by atoms with Gasteiger partial charge in [-0.05, 0) is 55.6 Å². The molecule has 0 saturated heterocycles. The zero-order valence-electron chi connectivity index (χ0n) is 18.4. The molecule has 0 unspecified atom stereocenters. The number of fused-ring (bicyclic) bond motifs is 1. The lowest BCUT2D eigenvalue weighted by Crippen LogP contribution is -2.26. The fraction of sp³-hybridized carbons (Fsp3) is 0.280. The summed E-state index contributed by atoms with van der Waals surface area (Å²) in [5.41, 5.74) is 5.09. The molecule has 166 valence electrons. The molecule has 5 aromatic rings. The standard InChI is InChI=1S/C25H26N8/c1-2-7-32(6-1)23-9-20(12-27-15-23)25-29-17-33(31-25)16-22-10-24-19(13-28-22)8-21(30-24)14-26-11-18-4-3-5-18/h1-2,6-10,12-13,15,17-18,26,30H,3-5,11,14,16H2. The molecule has 0 bridgehead atoms. The van der Waals surface area contributed by atoms with Gasteiger partial charge in [0.1, 0.15) is 6.33 Å². The van der Waals surface area contributed by atoms with Gasteiger partial charge in [0.05, 0.1) is 24.1 Å². The second-order valence-electron chi connectivity index (χ2n) is 8.77. The minimum absolute atomic E-state index is 0.557. The van der Waals surface area contributed by atoms with E-state index in [4.69, 9.17) is 0 Å². The Labute approximate surface area is 191 Å². The van der Waals surface area contributed by atoms with Crippen molar-refractivity contribution in [2.24, 2.45) is 5.92 Å². The van der Waals surface area contributed by atoms with Crippen molar-refractivity contribution in [2.45, 2.75) is 32.4 Å². The molecular weight excluding hydrogens is 412 g/mol. The molecule has 33 heavy (non-hydrogen) atoms. The van der Waals surface area contributed by atoms with Crippen LogP contribution in [-0.4, -0.2) is 40.8 Å². The number of nitrogens with one attached hydrogen (secondary N) is 2. The van der Waals surface area contributed by atoms with E-state index >= 15 is 0 Å². The molecule has 0 atom stereocenters. The summed E-state index contributed by atoms with van der Waals surface area (Å²) in [6.07, 6.45) is 15.4. The van der Waals surface area contributed by atoms with Crippen LogP contribution in [0.15, 0.2) is 67.6 Å². The highest BCUT2D eigenvalue weighted by atomic mass is 15.3. The quantitative estimate of drug-likeness (QED) is 0.383. The Bertz CT molecular complexity index is 1360. The molecule has 1 aliphatic carbocycles. The molecular formula is C25H26N8. The fourth-order valence-corrected chi connectivity index (χ4v) is 4.29. The lowest BCUT2D eigenvalue weighted by molar-refractivity contribution is 0.301. The van der Waals surface area contributed by atoms with Gasteiger partial charge in [0, 0.05) is 53.5 Å². The van der Waals surface area contributed by atoms with E-state index in [0.29, 0.717) is 12.4 Å². The smallest absolute Gasteiger partial charge is 0.182 e. The van der Waals surface area contributed by atoms with Crippen molar-refractivity contribution < 1.29 is 0 Å². The Morgan fingerprint density at radius 2 is 1.94 bits per heavy atom.